The number of benzene rings is 1. The Bertz CT molecular complexity index is 403. The lowest BCUT2D eigenvalue weighted by Crippen LogP contribution is -2.29. The monoisotopic (exact) mass is 200 g/mol. The topological polar surface area (TPSA) is 27.0 Å². The van der Waals surface area contributed by atoms with Gasteiger partial charge in [0, 0.05) is 13.1 Å². The summed E-state index contributed by atoms with van der Waals surface area (Å²) < 4.78 is 0. The van der Waals surface area contributed by atoms with Crippen LogP contribution in [0.15, 0.2) is 18.2 Å². The van der Waals surface area contributed by atoms with Crippen LogP contribution in [0.2, 0.25) is 0 Å². The lowest BCUT2D eigenvalue weighted by molar-refractivity contribution is 0.300. The quantitative estimate of drug-likeness (QED) is 0.695. The second kappa shape index (κ2) is 4.04. The van der Waals surface area contributed by atoms with Crippen LogP contribution in [0.1, 0.15) is 29.5 Å². The van der Waals surface area contributed by atoms with E-state index < -0.39 is 0 Å². The average molecular weight is 200 g/mol. The van der Waals surface area contributed by atoms with E-state index in [2.05, 4.69) is 43.1 Å². The Morgan fingerprint density at radius 1 is 1.53 bits per heavy atom. The van der Waals surface area contributed by atoms with Gasteiger partial charge in [0.25, 0.3) is 0 Å². The number of rotatable bonds is 1. The van der Waals surface area contributed by atoms with Gasteiger partial charge in [-0.1, -0.05) is 25.1 Å². The zero-order valence-electron chi connectivity index (χ0n) is 9.33. The Kier molecular flexibility index (Phi) is 2.75. The van der Waals surface area contributed by atoms with Crippen molar-refractivity contribution in [3.63, 3.8) is 0 Å². The largest absolute Gasteiger partial charge is 0.300 e. The summed E-state index contributed by atoms with van der Waals surface area (Å²) in [5.41, 5.74) is 3.92. The minimum absolute atomic E-state index is 0.0460. The molecule has 1 aromatic carbocycles. The van der Waals surface area contributed by atoms with Crippen LogP contribution in [0.3, 0.4) is 0 Å². The molecule has 1 unspecified atom stereocenters. The molecule has 1 aromatic rings. The molecule has 1 aliphatic rings. The maximum absolute atomic E-state index is 9.11. The molecule has 0 saturated carbocycles. The van der Waals surface area contributed by atoms with Crippen molar-refractivity contribution in [2.45, 2.75) is 25.8 Å². The predicted molar refractivity (Wildman–Crippen MR) is 60.5 cm³/mol. The summed E-state index contributed by atoms with van der Waals surface area (Å²) in [6.45, 7) is 3.99. The highest BCUT2D eigenvalue weighted by Gasteiger charge is 2.22. The lowest BCUT2D eigenvalue weighted by atomic mass is 9.89. The third-order valence-electron chi connectivity index (χ3n) is 3.08. The average Bonchev–Trinajstić information content (AvgIpc) is 2.26. The first-order chi connectivity index (χ1) is 7.24. The number of aryl methyl sites for hydroxylation is 1. The van der Waals surface area contributed by atoms with E-state index >= 15 is 0 Å². The fourth-order valence-electron chi connectivity index (χ4n) is 2.23. The molecule has 0 aromatic heterocycles. The van der Waals surface area contributed by atoms with Gasteiger partial charge in [0.1, 0.15) is 0 Å². The van der Waals surface area contributed by atoms with Crippen molar-refractivity contribution in [1.29, 1.82) is 5.26 Å². The summed E-state index contributed by atoms with van der Waals surface area (Å²) in [5.74, 6) is 0.0460. The molecule has 0 bridgehead atoms. The number of hydrogen-bond donors (Lipinski definition) is 0. The summed E-state index contributed by atoms with van der Waals surface area (Å²) in [4.78, 5) is 2.22. The number of hydrogen-bond acceptors (Lipinski definition) is 2. The SMILES string of the molecule is CCc1ccc2c(c1)CN(C)CC2C#N. The molecule has 2 heteroatoms. The van der Waals surface area contributed by atoms with Gasteiger partial charge in [-0.15, -0.1) is 0 Å². The predicted octanol–water partition coefficient (Wildman–Crippen LogP) is 2.30. The highest BCUT2D eigenvalue weighted by Crippen LogP contribution is 2.27. The molecule has 0 radical (unpaired) electrons. The van der Waals surface area contributed by atoms with Crippen molar-refractivity contribution >= 4 is 0 Å². The highest BCUT2D eigenvalue weighted by molar-refractivity contribution is 5.39. The Morgan fingerprint density at radius 2 is 2.33 bits per heavy atom. The number of nitriles is 1. The van der Waals surface area contributed by atoms with Gasteiger partial charge in [0.05, 0.1) is 12.0 Å². The molecule has 15 heavy (non-hydrogen) atoms. The van der Waals surface area contributed by atoms with Crippen molar-refractivity contribution in [2.75, 3.05) is 13.6 Å². The Morgan fingerprint density at radius 3 is 3.00 bits per heavy atom. The molecule has 0 N–H and O–H groups in total. The summed E-state index contributed by atoms with van der Waals surface area (Å²) in [5, 5.41) is 9.11. The first-order valence-corrected chi connectivity index (χ1v) is 5.44. The molecular formula is C13H16N2. The second-order valence-corrected chi connectivity index (χ2v) is 4.27. The summed E-state index contributed by atoms with van der Waals surface area (Å²) in [7, 11) is 2.08. The summed E-state index contributed by atoms with van der Waals surface area (Å²) >= 11 is 0. The molecule has 0 fully saturated rings. The van der Waals surface area contributed by atoms with Crippen molar-refractivity contribution in [1.82, 2.24) is 4.90 Å². The molecule has 1 atom stereocenters. The van der Waals surface area contributed by atoms with Gasteiger partial charge in [-0.2, -0.15) is 5.26 Å². The van der Waals surface area contributed by atoms with E-state index in [1.165, 1.54) is 16.7 Å². The summed E-state index contributed by atoms with van der Waals surface area (Å²) in [6.07, 6.45) is 1.06. The van der Waals surface area contributed by atoms with E-state index in [0.717, 1.165) is 19.5 Å². The number of fused-ring (bicyclic) bond motifs is 1. The minimum Gasteiger partial charge on any atom is -0.300 e. The maximum atomic E-state index is 9.11. The van der Waals surface area contributed by atoms with Crippen molar-refractivity contribution in [3.05, 3.63) is 34.9 Å². The molecule has 0 aliphatic carbocycles. The third kappa shape index (κ3) is 1.88. The number of likely N-dealkylation sites (N-methyl/N-ethyl adjacent to an activating group) is 1. The van der Waals surface area contributed by atoms with E-state index in [-0.39, 0.29) is 5.92 Å². The maximum Gasteiger partial charge on any atom is 0.0842 e. The Hall–Kier alpha value is -1.33. The van der Waals surface area contributed by atoms with Crippen LogP contribution >= 0.6 is 0 Å². The molecule has 2 rings (SSSR count). The Labute approximate surface area is 91.1 Å². The van der Waals surface area contributed by atoms with Crippen LogP contribution in [0.4, 0.5) is 0 Å². The summed E-state index contributed by atoms with van der Waals surface area (Å²) in [6, 6.07) is 8.91. The second-order valence-electron chi connectivity index (χ2n) is 4.27. The van der Waals surface area contributed by atoms with Crippen molar-refractivity contribution in [3.8, 4) is 6.07 Å². The molecule has 2 nitrogen and oxygen atoms in total. The lowest BCUT2D eigenvalue weighted by Gasteiger charge is -2.28. The van der Waals surface area contributed by atoms with Gasteiger partial charge in [-0.25, -0.2) is 0 Å². The molecule has 0 saturated heterocycles. The van der Waals surface area contributed by atoms with Crippen LogP contribution in [0, 0.1) is 11.3 Å². The van der Waals surface area contributed by atoms with E-state index in [1.807, 2.05) is 0 Å². The smallest absolute Gasteiger partial charge is 0.0842 e. The molecule has 0 amide bonds. The van der Waals surface area contributed by atoms with Gasteiger partial charge in [-0.3, -0.25) is 0 Å². The highest BCUT2D eigenvalue weighted by atomic mass is 15.1. The Balaban J connectivity index is 2.43. The fourth-order valence-corrected chi connectivity index (χ4v) is 2.23. The normalized spacial score (nSPS) is 20.7. The molecule has 78 valence electrons. The van der Waals surface area contributed by atoms with Gasteiger partial charge in [-0.05, 0) is 30.2 Å². The fraction of sp³-hybridized carbons (Fsp3) is 0.462. The first kappa shape index (κ1) is 10.2. The van der Waals surface area contributed by atoms with Crippen LogP contribution in [0.25, 0.3) is 0 Å². The third-order valence-corrected chi connectivity index (χ3v) is 3.08. The van der Waals surface area contributed by atoms with E-state index in [0.29, 0.717) is 0 Å². The molecule has 0 spiro atoms. The standard InChI is InChI=1S/C13H16N2/c1-3-10-4-5-13-11(6-10)8-15(2)9-12(13)7-14/h4-6,12H,3,8-9H2,1-2H3. The van der Waals surface area contributed by atoms with Crippen LogP contribution in [-0.4, -0.2) is 18.5 Å². The van der Waals surface area contributed by atoms with Crippen molar-refractivity contribution < 1.29 is 0 Å². The zero-order chi connectivity index (χ0) is 10.8. The first-order valence-electron chi connectivity index (χ1n) is 5.44. The molecule has 1 aliphatic heterocycles. The van der Waals surface area contributed by atoms with Crippen LogP contribution in [0.5, 0.6) is 0 Å². The van der Waals surface area contributed by atoms with Crippen molar-refractivity contribution in [2.24, 2.45) is 0 Å². The van der Waals surface area contributed by atoms with Crippen LogP contribution in [-0.2, 0) is 13.0 Å². The van der Waals surface area contributed by atoms with E-state index in [4.69, 9.17) is 5.26 Å². The zero-order valence-corrected chi connectivity index (χ0v) is 9.33. The van der Waals surface area contributed by atoms with Gasteiger partial charge < -0.3 is 4.90 Å². The van der Waals surface area contributed by atoms with Crippen LogP contribution < -0.4 is 0 Å². The van der Waals surface area contributed by atoms with Gasteiger partial charge in [0.2, 0.25) is 0 Å². The molecular weight excluding hydrogens is 184 g/mol. The van der Waals surface area contributed by atoms with E-state index in [9.17, 15) is 0 Å². The van der Waals surface area contributed by atoms with Gasteiger partial charge in [0.15, 0.2) is 0 Å². The number of nitrogens with zero attached hydrogens (tertiary/aromatic N) is 2. The molecule has 1 heterocycles. The van der Waals surface area contributed by atoms with Gasteiger partial charge >= 0.3 is 0 Å². The van der Waals surface area contributed by atoms with E-state index in [1.54, 1.807) is 0 Å². The minimum atomic E-state index is 0.0460.